The van der Waals surface area contributed by atoms with E-state index in [1.165, 1.54) is 0 Å². The monoisotopic (exact) mass is 408 g/mol. The first kappa shape index (κ1) is 22.0. The summed E-state index contributed by atoms with van der Waals surface area (Å²) in [5.41, 5.74) is 1.55. The van der Waals surface area contributed by atoms with Gasteiger partial charge in [0.15, 0.2) is 0 Å². The average Bonchev–Trinajstić information content (AvgIpc) is 2.77. The van der Waals surface area contributed by atoms with Gasteiger partial charge < -0.3 is 20.0 Å². The summed E-state index contributed by atoms with van der Waals surface area (Å²) in [6, 6.07) is 14.5. The zero-order valence-electron chi connectivity index (χ0n) is 17.5. The third-order valence-electron chi connectivity index (χ3n) is 5.32. The summed E-state index contributed by atoms with van der Waals surface area (Å²) in [5.74, 6) is 0.558. The third-order valence-corrected chi connectivity index (χ3v) is 5.32. The number of nitrogens with zero attached hydrogens (tertiary/aromatic N) is 4. The Labute approximate surface area is 179 Å². The van der Waals surface area contributed by atoms with E-state index in [4.69, 9.17) is 0 Å². The van der Waals surface area contributed by atoms with Crippen LogP contribution in [0.5, 0.6) is 11.5 Å². The number of aromatic hydroxyl groups is 2. The second-order valence-corrected chi connectivity index (χ2v) is 7.58. The topological polar surface area (TPSA) is 71.7 Å². The molecular formula is C24H32N4O2. The van der Waals surface area contributed by atoms with Gasteiger partial charge in [-0.3, -0.25) is 9.98 Å². The fourth-order valence-electron chi connectivity index (χ4n) is 3.53. The Morgan fingerprint density at radius 2 is 1.07 bits per heavy atom. The lowest BCUT2D eigenvalue weighted by atomic mass is 10.2. The highest BCUT2D eigenvalue weighted by Crippen LogP contribution is 2.13. The highest BCUT2D eigenvalue weighted by molar-refractivity contribution is 5.83. The van der Waals surface area contributed by atoms with Crippen LogP contribution in [0.3, 0.4) is 0 Å². The molecule has 6 heteroatoms. The van der Waals surface area contributed by atoms with Crippen molar-refractivity contribution in [2.24, 2.45) is 9.98 Å². The van der Waals surface area contributed by atoms with Crippen LogP contribution < -0.4 is 0 Å². The zero-order valence-corrected chi connectivity index (χ0v) is 17.5. The maximum Gasteiger partial charge on any atom is 0.124 e. The molecule has 2 aromatic carbocycles. The summed E-state index contributed by atoms with van der Waals surface area (Å²) >= 11 is 0. The standard InChI is InChI=1S/C24H32N4O2/c29-23-9-3-1-7-21(23)19-25-11-5-13-27-15-17-28(18-16-27)14-6-12-26-20-22-8-2-4-10-24(22)30/h1-4,7-10,19-20,29-30H,5-6,11-18H2. The van der Waals surface area contributed by atoms with Gasteiger partial charge in [-0.2, -0.15) is 0 Å². The molecule has 1 saturated heterocycles. The van der Waals surface area contributed by atoms with Crippen molar-refractivity contribution in [1.82, 2.24) is 9.80 Å². The minimum absolute atomic E-state index is 0.279. The summed E-state index contributed by atoms with van der Waals surface area (Å²) in [7, 11) is 0. The van der Waals surface area contributed by atoms with Gasteiger partial charge in [-0.1, -0.05) is 24.3 Å². The predicted octanol–water partition coefficient (Wildman–Crippen LogP) is 3.03. The van der Waals surface area contributed by atoms with E-state index in [9.17, 15) is 10.2 Å². The largest absolute Gasteiger partial charge is 0.507 e. The Bertz CT molecular complexity index is 760. The highest BCUT2D eigenvalue weighted by atomic mass is 16.3. The van der Waals surface area contributed by atoms with Crippen molar-refractivity contribution < 1.29 is 10.2 Å². The molecule has 0 saturated carbocycles. The minimum Gasteiger partial charge on any atom is -0.507 e. The fourth-order valence-corrected chi connectivity index (χ4v) is 3.53. The summed E-state index contributed by atoms with van der Waals surface area (Å²) in [6.07, 6.45) is 5.58. The first-order valence-corrected chi connectivity index (χ1v) is 10.7. The molecule has 3 rings (SSSR count). The number of phenols is 2. The lowest BCUT2D eigenvalue weighted by Crippen LogP contribution is -2.46. The molecule has 2 N–H and O–H groups in total. The van der Waals surface area contributed by atoms with Crippen LogP contribution in [-0.4, -0.2) is 84.8 Å². The molecule has 0 bridgehead atoms. The molecule has 0 atom stereocenters. The average molecular weight is 409 g/mol. The van der Waals surface area contributed by atoms with E-state index in [0.717, 1.165) is 76.3 Å². The lowest BCUT2D eigenvalue weighted by molar-refractivity contribution is 0.131. The first-order valence-electron chi connectivity index (χ1n) is 10.7. The van der Waals surface area contributed by atoms with Crippen molar-refractivity contribution in [1.29, 1.82) is 0 Å². The van der Waals surface area contributed by atoms with E-state index in [1.807, 2.05) is 36.4 Å². The number of hydrogen-bond donors (Lipinski definition) is 2. The van der Waals surface area contributed by atoms with Crippen molar-refractivity contribution in [3.8, 4) is 11.5 Å². The molecule has 0 spiro atoms. The van der Waals surface area contributed by atoms with Gasteiger partial charge in [-0.05, 0) is 50.2 Å². The van der Waals surface area contributed by atoms with Crippen LogP contribution >= 0.6 is 0 Å². The van der Waals surface area contributed by atoms with E-state index < -0.39 is 0 Å². The molecule has 0 unspecified atom stereocenters. The molecule has 1 aliphatic rings. The van der Waals surface area contributed by atoms with Crippen LogP contribution in [0.4, 0.5) is 0 Å². The molecule has 0 aliphatic carbocycles. The summed E-state index contributed by atoms with van der Waals surface area (Å²) in [5, 5.41) is 19.5. The zero-order chi connectivity index (χ0) is 21.0. The highest BCUT2D eigenvalue weighted by Gasteiger charge is 2.15. The Hall–Kier alpha value is -2.70. The maximum absolute atomic E-state index is 9.73. The van der Waals surface area contributed by atoms with Gasteiger partial charge in [0.1, 0.15) is 11.5 Å². The molecule has 0 amide bonds. The van der Waals surface area contributed by atoms with Crippen LogP contribution in [-0.2, 0) is 0 Å². The number of aliphatic imine (C=N–C) groups is 2. The summed E-state index contributed by atoms with van der Waals surface area (Å²) in [4.78, 5) is 13.9. The van der Waals surface area contributed by atoms with Crippen molar-refractivity contribution in [2.75, 3.05) is 52.4 Å². The van der Waals surface area contributed by atoms with Crippen LogP contribution in [0.1, 0.15) is 24.0 Å². The van der Waals surface area contributed by atoms with Gasteiger partial charge in [0, 0.05) is 62.8 Å². The van der Waals surface area contributed by atoms with E-state index >= 15 is 0 Å². The van der Waals surface area contributed by atoms with Gasteiger partial charge in [0.25, 0.3) is 0 Å². The van der Waals surface area contributed by atoms with Crippen molar-refractivity contribution in [3.63, 3.8) is 0 Å². The Morgan fingerprint density at radius 3 is 1.47 bits per heavy atom. The minimum atomic E-state index is 0.279. The smallest absolute Gasteiger partial charge is 0.124 e. The molecule has 6 nitrogen and oxygen atoms in total. The predicted molar refractivity (Wildman–Crippen MR) is 123 cm³/mol. The molecule has 160 valence electrons. The van der Waals surface area contributed by atoms with Crippen LogP contribution in [0, 0.1) is 0 Å². The van der Waals surface area contributed by atoms with Crippen LogP contribution in [0.2, 0.25) is 0 Å². The molecule has 30 heavy (non-hydrogen) atoms. The number of piperazine rings is 1. The lowest BCUT2D eigenvalue weighted by Gasteiger charge is -2.34. The van der Waals surface area contributed by atoms with Gasteiger partial charge in [0.2, 0.25) is 0 Å². The molecule has 2 aromatic rings. The first-order chi connectivity index (χ1) is 14.7. The van der Waals surface area contributed by atoms with E-state index in [1.54, 1.807) is 24.6 Å². The quantitative estimate of drug-likeness (QED) is 0.468. The van der Waals surface area contributed by atoms with Crippen LogP contribution in [0.15, 0.2) is 58.5 Å². The van der Waals surface area contributed by atoms with E-state index in [-0.39, 0.29) is 11.5 Å². The Morgan fingerprint density at radius 1 is 0.667 bits per heavy atom. The molecule has 1 fully saturated rings. The molecular weight excluding hydrogens is 376 g/mol. The van der Waals surface area contributed by atoms with Gasteiger partial charge in [-0.25, -0.2) is 0 Å². The Kier molecular flexibility index (Phi) is 8.87. The van der Waals surface area contributed by atoms with Gasteiger partial charge in [-0.15, -0.1) is 0 Å². The van der Waals surface area contributed by atoms with Gasteiger partial charge >= 0.3 is 0 Å². The second kappa shape index (κ2) is 12.1. The summed E-state index contributed by atoms with van der Waals surface area (Å²) in [6.45, 7) is 8.10. The molecule has 0 aromatic heterocycles. The molecule has 0 radical (unpaired) electrons. The van der Waals surface area contributed by atoms with Crippen molar-refractivity contribution >= 4 is 12.4 Å². The third kappa shape index (κ3) is 7.28. The summed E-state index contributed by atoms with van der Waals surface area (Å²) < 4.78 is 0. The van der Waals surface area contributed by atoms with E-state index in [2.05, 4.69) is 19.8 Å². The number of hydrogen-bond acceptors (Lipinski definition) is 6. The van der Waals surface area contributed by atoms with Gasteiger partial charge in [0.05, 0.1) is 0 Å². The number of benzene rings is 2. The SMILES string of the molecule is Oc1ccccc1C=NCCCN1CCN(CCCN=Cc2ccccc2O)CC1. The van der Waals surface area contributed by atoms with Crippen molar-refractivity contribution in [2.45, 2.75) is 12.8 Å². The number of rotatable bonds is 10. The normalized spacial score (nSPS) is 16.0. The fraction of sp³-hybridized carbons (Fsp3) is 0.417. The molecule has 1 aliphatic heterocycles. The number of para-hydroxylation sites is 2. The van der Waals surface area contributed by atoms with Crippen molar-refractivity contribution in [3.05, 3.63) is 59.7 Å². The maximum atomic E-state index is 9.73. The number of phenolic OH excluding ortho intramolecular Hbond substituents is 2. The Balaban J connectivity index is 1.24. The second-order valence-electron chi connectivity index (χ2n) is 7.58. The molecule has 1 heterocycles. The van der Waals surface area contributed by atoms with Crippen LogP contribution in [0.25, 0.3) is 0 Å². The van der Waals surface area contributed by atoms with E-state index in [0.29, 0.717) is 0 Å².